The van der Waals surface area contributed by atoms with E-state index < -0.39 is 11.7 Å². The molecule has 2 aromatic heterocycles. The standard InChI is InChI=1S/C32H36N6O5S/c1-21-27(42-23-8-6-5-7-9-23)11-10-25(36-29(39)26-20-44-30(37-26)22-12-15-34-35-18-22)28(21)38-16-17-41-24(19-38)13-14-33-31(40)43-32(2,3)4/h5-12,15,18,20,24H,13-14,16-17,19H2,1-4H3,(H,33,40)(H,36,39)/t24-/m1/s1. The van der Waals surface area contributed by atoms with Crippen LogP contribution < -0.4 is 20.3 Å². The van der Waals surface area contributed by atoms with E-state index >= 15 is 0 Å². The number of benzene rings is 2. The van der Waals surface area contributed by atoms with Crippen molar-refractivity contribution >= 4 is 34.7 Å². The molecule has 4 aromatic rings. The molecule has 230 valence electrons. The van der Waals surface area contributed by atoms with Crippen LogP contribution in [0.2, 0.25) is 0 Å². The molecule has 0 saturated carbocycles. The third-order valence-electron chi connectivity index (χ3n) is 6.76. The monoisotopic (exact) mass is 616 g/mol. The average molecular weight is 617 g/mol. The van der Waals surface area contributed by atoms with E-state index in [2.05, 4.69) is 30.7 Å². The Bertz CT molecular complexity index is 1580. The summed E-state index contributed by atoms with van der Waals surface area (Å²) in [6.07, 6.45) is 3.21. The number of alkyl carbamates (subject to hydrolysis) is 1. The lowest BCUT2D eigenvalue weighted by molar-refractivity contribution is 0.0320. The van der Waals surface area contributed by atoms with E-state index in [1.165, 1.54) is 11.3 Å². The van der Waals surface area contributed by atoms with Gasteiger partial charge in [0.05, 0.1) is 36.5 Å². The summed E-state index contributed by atoms with van der Waals surface area (Å²) in [6, 6.07) is 15.1. The number of hydrogen-bond acceptors (Lipinski definition) is 10. The minimum absolute atomic E-state index is 0.143. The zero-order chi connectivity index (χ0) is 31.1. The molecule has 44 heavy (non-hydrogen) atoms. The minimum atomic E-state index is -0.566. The SMILES string of the molecule is Cc1c(Oc2ccccc2)ccc(NC(=O)c2csc(-c3ccnnc3)n2)c1N1CCO[C@H](CCNC(=O)OC(C)(C)C)C1. The largest absolute Gasteiger partial charge is 0.457 e. The van der Waals surface area contributed by atoms with Gasteiger partial charge in [0.15, 0.2) is 0 Å². The maximum absolute atomic E-state index is 13.4. The lowest BCUT2D eigenvalue weighted by Crippen LogP contribution is -2.44. The van der Waals surface area contributed by atoms with E-state index in [-0.39, 0.29) is 12.0 Å². The normalized spacial score (nSPS) is 15.0. The number of ether oxygens (including phenoxy) is 3. The second-order valence-corrected chi connectivity index (χ2v) is 12.1. The van der Waals surface area contributed by atoms with Gasteiger partial charge in [-0.3, -0.25) is 4.79 Å². The molecular formula is C32H36N6O5S. The van der Waals surface area contributed by atoms with E-state index in [0.717, 1.165) is 16.8 Å². The van der Waals surface area contributed by atoms with Crippen LogP contribution in [-0.2, 0) is 9.47 Å². The summed E-state index contributed by atoms with van der Waals surface area (Å²) in [5.41, 5.74) is 2.89. The first-order chi connectivity index (χ1) is 21.2. The van der Waals surface area contributed by atoms with Crippen LogP contribution in [0.25, 0.3) is 10.6 Å². The number of morpholine rings is 1. The van der Waals surface area contributed by atoms with Crippen molar-refractivity contribution < 1.29 is 23.8 Å². The highest BCUT2D eigenvalue weighted by Crippen LogP contribution is 2.39. The van der Waals surface area contributed by atoms with Crippen LogP contribution in [0.1, 0.15) is 43.2 Å². The van der Waals surface area contributed by atoms with Crippen LogP contribution >= 0.6 is 11.3 Å². The first-order valence-electron chi connectivity index (χ1n) is 14.4. The third-order valence-corrected chi connectivity index (χ3v) is 7.65. The molecule has 2 amide bonds. The number of anilines is 2. The Kier molecular flexibility index (Phi) is 9.71. The first kappa shape index (κ1) is 30.9. The number of nitrogens with zero attached hydrogens (tertiary/aromatic N) is 4. The lowest BCUT2D eigenvalue weighted by atomic mass is 10.1. The summed E-state index contributed by atoms with van der Waals surface area (Å²) in [7, 11) is 0. The number of aromatic nitrogens is 3. The van der Waals surface area contributed by atoms with Crippen LogP contribution in [-0.4, -0.2) is 65.1 Å². The predicted octanol–water partition coefficient (Wildman–Crippen LogP) is 6.07. The maximum Gasteiger partial charge on any atom is 0.407 e. The van der Waals surface area contributed by atoms with Crippen molar-refractivity contribution in [2.24, 2.45) is 0 Å². The molecule has 2 N–H and O–H groups in total. The summed E-state index contributed by atoms with van der Waals surface area (Å²) in [4.78, 5) is 32.3. The molecule has 0 unspecified atom stereocenters. The van der Waals surface area contributed by atoms with Crippen LogP contribution in [0.3, 0.4) is 0 Å². The molecule has 2 aromatic carbocycles. The molecule has 0 spiro atoms. The Hall–Kier alpha value is -4.55. The highest BCUT2D eigenvalue weighted by molar-refractivity contribution is 7.13. The van der Waals surface area contributed by atoms with E-state index in [0.29, 0.717) is 60.5 Å². The van der Waals surface area contributed by atoms with Gasteiger partial charge in [-0.2, -0.15) is 10.2 Å². The Morgan fingerprint density at radius 2 is 1.93 bits per heavy atom. The second-order valence-electron chi connectivity index (χ2n) is 11.3. The minimum Gasteiger partial charge on any atom is -0.457 e. The number of thiazole rings is 1. The molecule has 3 heterocycles. The number of amides is 2. The summed E-state index contributed by atoms with van der Waals surface area (Å²) in [5.74, 6) is 1.07. The fourth-order valence-electron chi connectivity index (χ4n) is 4.78. The zero-order valence-corrected chi connectivity index (χ0v) is 26.0. The van der Waals surface area contributed by atoms with E-state index in [9.17, 15) is 9.59 Å². The van der Waals surface area contributed by atoms with Crippen LogP contribution in [0.15, 0.2) is 66.3 Å². The average Bonchev–Trinajstić information content (AvgIpc) is 3.50. The highest BCUT2D eigenvalue weighted by atomic mass is 32.1. The van der Waals surface area contributed by atoms with Gasteiger partial charge in [-0.05, 0) is 64.4 Å². The van der Waals surface area contributed by atoms with Gasteiger partial charge in [0.25, 0.3) is 5.91 Å². The Balaban J connectivity index is 1.35. The Labute approximate surface area is 260 Å². The molecule has 1 fully saturated rings. The van der Waals surface area contributed by atoms with Gasteiger partial charge in [-0.25, -0.2) is 9.78 Å². The van der Waals surface area contributed by atoms with E-state index in [1.807, 2.05) is 70.2 Å². The quantitative estimate of drug-likeness (QED) is 0.230. The van der Waals surface area contributed by atoms with Gasteiger partial charge in [0, 0.05) is 36.1 Å². The lowest BCUT2D eigenvalue weighted by Gasteiger charge is -2.37. The number of hydrogen-bond donors (Lipinski definition) is 2. The van der Waals surface area contributed by atoms with Gasteiger partial charge in [-0.15, -0.1) is 11.3 Å². The number of carbonyl (C=O) groups excluding carboxylic acids is 2. The highest BCUT2D eigenvalue weighted by Gasteiger charge is 2.27. The molecular weight excluding hydrogens is 580 g/mol. The summed E-state index contributed by atoms with van der Waals surface area (Å²) in [5, 5.41) is 16.0. The maximum atomic E-state index is 13.4. The smallest absolute Gasteiger partial charge is 0.407 e. The van der Waals surface area contributed by atoms with Crippen molar-refractivity contribution in [2.75, 3.05) is 36.5 Å². The molecule has 5 rings (SSSR count). The van der Waals surface area contributed by atoms with Crippen molar-refractivity contribution in [1.29, 1.82) is 0 Å². The van der Waals surface area contributed by atoms with Crippen LogP contribution in [0, 0.1) is 6.92 Å². The topological polar surface area (TPSA) is 128 Å². The molecule has 1 atom stereocenters. The fourth-order valence-corrected chi connectivity index (χ4v) is 5.57. The Morgan fingerprint density at radius 3 is 2.68 bits per heavy atom. The summed E-state index contributed by atoms with van der Waals surface area (Å²) >= 11 is 1.37. The third kappa shape index (κ3) is 8.08. The van der Waals surface area contributed by atoms with E-state index in [1.54, 1.807) is 23.8 Å². The van der Waals surface area contributed by atoms with Crippen molar-refractivity contribution in [3.05, 3.63) is 77.6 Å². The molecule has 0 bridgehead atoms. The molecule has 1 aliphatic heterocycles. The second kappa shape index (κ2) is 13.8. The van der Waals surface area contributed by atoms with Crippen molar-refractivity contribution in [1.82, 2.24) is 20.5 Å². The summed E-state index contributed by atoms with van der Waals surface area (Å²) < 4.78 is 17.6. The van der Waals surface area contributed by atoms with Crippen molar-refractivity contribution in [3.63, 3.8) is 0 Å². The summed E-state index contributed by atoms with van der Waals surface area (Å²) in [6.45, 7) is 9.54. The molecule has 0 radical (unpaired) electrons. The predicted molar refractivity (Wildman–Crippen MR) is 170 cm³/mol. The van der Waals surface area contributed by atoms with Gasteiger partial charge < -0.3 is 29.7 Å². The van der Waals surface area contributed by atoms with Crippen LogP contribution in [0.4, 0.5) is 16.2 Å². The van der Waals surface area contributed by atoms with E-state index in [4.69, 9.17) is 14.2 Å². The molecule has 0 aliphatic carbocycles. The molecule has 1 aliphatic rings. The number of nitrogens with one attached hydrogen (secondary N) is 2. The van der Waals surface area contributed by atoms with Gasteiger partial charge in [-0.1, -0.05) is 18.2 Å². The van der Waals surface area contributed by atoms with Gasteiger partial charge >= 0.3 is 6.09 Å². The zero-order valence-electron chi connectivity index (χ0n) is 25.2. The molecule has 12 heteroatoms. The fraction of sp³-hybridized carbons (Fsp3) is 0.344. The number of carbonyl (C=O) groups is 2. The van der Waals surface area contributed by atoms with Crippen LogP contribution in [0.5, 0.6) is 11.5 Å². The Morgan fingerprint density at radius 1 is 1.11 bits per heavy atom. The first-order valence-corrected chi connectivity index (χ1v) is 15.3. The van der Waals surface area contributed by atoms with Gasteiger partial charge in [0.1, 0.15) is 27.8 Å². The van der Waals surface area contributed by atoms with Crippen molar-refractivity contribution in [2.45, 2.75) is 45.8 Å². The number of rotatable bonds is 9. The van der Waals surface area contributed by atoms with Gasteiger partial charge in [0.2, 0.25) is 0 Å². The molecule has 1 saturated heterocycles. The molecule has 11 nitrogen and oxygen atoms in total. The van der Waals surface area contributed by atoms with Crippen molar-refractivity contribution in [3.8, 4) is 22.1 Å². The number of para-hydroxylation sites is 1.